The van der Waals surface area contributed by atoms with Crippen LogP contribution in [0.1, 0.15) is 11.1 Å². The molecule has 0 radical (unpaired) electrons. The van der Waals surface area contributed by atoms with Gasteiger partial charge in [-0.2, -0.15) is 0 Å². The van der Waals surface area contributed by atoms with Gasteiger partial charge in [0.2, 0.25) is 0 Å². The summed E-state index contributed by atoms with van der Waals surface area (Å²) in [6.45, 7) is 1.68. The van der Waals surface area contributed by atoms with E-state index in [0.29, 0.717) is 17.9 Å². The van der Waals surface area contributed by atoms with Crippen LogP contribution in [0.3, 0.4) is 0 Å². The number of nitrogens with one attached hydrogen (secondary N) is 1. The summed E-state index contributed by atoms with van der Waals surface area (Å²) in [6, 6.07) is 10.7. The second kappa shape index (κ2) is 5.91. The molecule has 0 bridgehead atoms. The van der Waals surface area contributed by atoms with Crippen LogP contribution in [0.15, 0.2) is 47.5 Å². The van der Waals surface area contributed by atoms with E-state index in [1.807, 2.05) is 0 Å². The number of nitrogens with zero attached hydrogens (tertiary/aromatic N) is 1. The Morgan fingerprint density at radius 3 is 2.57 bits per heavy atom. The van der Waals surface area contributed by atoms with Crippen molar-refractivity contribution in [1.82, 2.24) is 5.32 Å². The summed E-state index contributed by atoms with van der Waals surface area (Å²) in [5.74, 6) is 0.130. The van der Waals surface area contributed by atoms with E-state index in [1.54, 1.807) is 24.3 Å². The molecular formula is C16H14F2N2O. The van der Waals surface area contributed by atoms with Crippen molar-refractivity contribution in [3.05, 3.63) is 65.2 Å². The van der Waals surface area contributed by atoms with Crippen LogP contribution in [0.2, 0.25) is 0 Å². The largest absolute Gasteiger partial charge is 0.486 e. The molecule has 2 aromatic carbocycles. The van der Waals surface area contributed by atoms with Crippen LogP contribution >= 0.6 is 0 Å². The molecule has 1 heterocycles. The second-order valence-corrected chi connectivity index (χ2v) is 4.72. The lowest BCUT2D eigenvalue weighted by Gasteiger charge is -2.09. The highest BCUT2D eigenvalue weighted by Crippen LogP contribution is 2.20. The summed E-state index contributed by atoms with van der Waals surface area (Å²) in [5.41, 5.74) is 1.49. The molecule has 0 saturated carbocycles. The Balaban J connectivity index is 1.69. The Hall–Kier alpha value is -2.43. The van der Waals surface area contributed by atoms with Gasteiger partial charge in [-0.25, -0.2) is 8.78 Å². The minimum Gasteiger partial charge on any atom is -0.486 e. The molecule has 1 N–H and O–H groups in total. The van der Waals surface area contributed by atoms with Gasteiger partial charge in [-0.15, -0.1) is 0 Å². The van der Waals surface area contributed by atoms with Crippen LogP contribution in [-0.2, 0) is 6.61 Å². The monoisotopic (exact) mass is 288 g/mol. The normalized spacial score (nSPS) is 13.7. The van der Waals surface area contributed by atoms with E-state index in [9.17, 15) is 8.78 Å². The number of hydrogen-bond acceptors (Lipinski definition) is 3. The molecule has 0 fully saturated rings. The van der Waals surface area contributed by atoms with Gasteiger partial charge in [-0.05, 0) is 35.9 Å². The molecule has 0 spiro atoms. The molecule has 0 aliphatic carbocycles. The molecule has 1 aliphatic rings. The lowest BCUT2D eigenvalue weighted by molar-refractivity contribution is 0.290. The molecule has 3 nitrogen and oxygen atoms in total. The maximum atomic E-state index is 14.0. The minimum atomic E-state index is -0.439. The Bertz CT molecular complexity index is 668. The fourth-order valence-corrected chi connectivity index (χ4v) is 2.10. The maximum absolute atomic E-state index is 14.0. The van der Waals surface area contributed by atoms with Gasteiger partial charge in [-0.3, -0.25) is 4.99 Å². The number of hydrogen-bond donors (Lipinski definition) is 1. The molecule has 21 heavy (non-hydrogen) atoms. The molecule has 1 aliphatic heterocycles. The summed E-state index contributed by atoms with van der Waals surface area (Å²) in [6.07, 6.45) is 0. The van der Waals surface area contributed by atoms with Crippen molar-refractivity contribution in [2.45, 2.75) is 6.61 Å². The molecule has 0 saturated heterocycles. The van der Waals surface area contributed by atoms with Crippen LogP contribution in [0, 0.1) is 11.6 Å². The number of aliphatic imine (C=N–C) groups is 1. The van der Waals surface area contributed by atoms with Gasteiger partial charge in [0.1, 0.15) is 18.3 Å². The highest BCUT2D eigenvalue weighted by Gasteiger charge is 2.11. The zero-order valence-corrected chi connectivity index (χ0v) is 11.3. The van der Waals surface area contributed by atoms with E-state index < -0.39 is 5.82 Å². The van der Waals surface area contributed by atoms with Gasteiger partial charge < -0.3 is 10.1 Å². The molecule has 108 valence electrons. The van der Waals surface area contributed by atoms with Crippen LogP contribution in [-0.4, -0.2) is 18.9 Å². The van der Waals surface area contributed by atoms with E-state index in [0.717, 1.165) is 12.1 Å². The van der Waals surface area contributed by atoms with E-state index >= 15 is 0 Å². The SMILES string of the molecule is Fc1ccc(COc2ccc(C3=NCCN3)cc2F)cc1. The van der Waals surface area contributed by atoms with Crippen molar-refractivity contribution in [3.8, 4) is 5.75 Å². The quantitative estimate of drug-likeness (QED) is 0.938. The summed E-state index contributed by atoms with van der Waals surface area (Å²) in [4.78, 5) is 4.24. The van der Waals surface area contributed by atoms with Gasteiger partial charge in [0.05, 0.1) is 6.54 Å². The van der Waals surface area contributed by atoms with Gasteiger partial charge in [0.25, 0.3) is 0 Å². The third kappa shape index (κ3) is 3.18. The highest BCUT2D eigenvalue weighted by molar-refractivity contribution is 5.99. The first-order valence-corrected chi connectivity index (χ1v) is 6.68. The molecule has 5 heteroatoms. The first-order chi connectivity index (χ1) is 10.2. The number of ether oxygens (including phenoxy) is 1. The second-order valence-electron chi connectivity index (χ2n) is 4.72. The Kier molecular flexibility index (Phi) is 3.81. The minimum absolute atomic E-state index is 0.168. The fourth-order valence-electron chi connectivity index (χ4n) is 2.10. The lowest BCUT2D eigenvalue weighted by atomic mass is 10.2. The standard InChI is InChI=1S/C16H14F2N2O/c17-13-4-1-11(2-5-13)10-21-15-6-3-12(9-14(15)18)16-19-7-8-20-16/h1-6,9H,7-8,10H2,(H,19,20). The fraction of sp³-hybridized carbons (Fsp3) is 0.188. The van der Waals surface area contributed by atoms with Gasteiger partial charge in [-0.1, -0.05) is 12.1 Å². The van der Waals surface area contributed by atoms with Crippen molar-refractivity contribution >= 4 is 5.84 Å². The molecule has 3 rings (SSSR count). The smallest absolute Gasteiger partial charge is 0.165 e. The van der Waals surface area contributed by atoms with Crippen LogP contribution in [0.4, 0.5) is 8.78 Å². The molecule has 0 amide bonds. The highest BCUT2D eigenvalue weighted by atomic mass is 19.1. The molecule has 0 unspecified atom stereocenters. The predicted octanol–water partition coefficient (Wildman–Crippen LogP) is 2.89. The van der Waals surface area contributed by atoms with E-state index in [2.05, 4.69) is 10.3 Å². The van der Waals surface area contributed by atoms with Crippen molar-refractivity contribution in [2.24, 2.45) is 4.99 Å². The molecule has 0 aromatic heterocycles. The average Bonchev–Trinajstić information content (AvgIpc) is 3.02. The zero-order chi connectivity index (χ0) is 14.7. The topological polar surface area (TPSA) is 33.6 Å². The third-order valence-corrected chi connectivity index (χ3v) is 3.19. The number of halogens is 2. The summed E-state index contributed by atoms with van der Waals surface area (Å²) in [5, 5.41) is 3.09. The average molecular weight is 288 g/mol. The predicted molar refractivity (Wildman–Crippen MR) is 76.5 cm³/mol. The van der Waals surface area contributed by atoms with Crippen molar-refractivity contribution in [1.29, 1.82) is 0 Å². The number of rotatable bonds is 4. The molecular weight excluding hydrogens is 274 g/mol. The molecule has 2 aromatic rings. The van der Waals surface area contributed by atoms with Gasteiger partial charge in [0.15, 0.2) is 11.6 Å². The van der Waals surface area contributed by atoms with Crippen LogP contribution < -0.4 is 10.1 Å². The summed E-state index contributed by atoms with van der Waals surface area (Å²) < 4.78 is 32.2. The van der Waals surface area contributed by atoms with Crippen molar-refractivity contribution in [3.63, 3.8) is 0 Å². The number of amidine groups is 1. The summed E-state index contributed by atoms with van der Waals surface area (Å²) in [7, 11) is 0. The Labute approximate surface area is 121 Å². The zero-order valence-electron chi connectivity index (χ0n) is 11.3. The van der Waals surface area contributed by atoms with Crippen LogP contribution in [0.5, 0.6) is 5.75 Å². The van der Waals surface area contributed by atoms with E-state index in [4.69, 9.17) is 4.74 Å². The maximum Gasteiger partial charge on any atom is 0.165 e. The Morgan fingerprint density at radius 2 is 1.90 bits per heavy atom. The summed E-state index contributed by atoms with van der Waals surface area (Å²) >= 11 is 0. The first kappa shape index (κ1) is 13.5. The van der Waals surface area contributed by atoms with Crippen molar-refractivity contribution < 1.29 is 13.5 Å². The van der Waals surface area contributed by atoms with Gasteiger partial charge in [0, 0.05) is 12.1 Å². The number of benzene rings is 2. The van der Waals surface area contributed by atoms with Gasteiger partial charge >= 0.3 is 0 Å². The van der Waals surface area contributed by atoms with E-state index in [1.165, 1.54) is 18.2 Å². The molecule has 0 atom stereocenters. The lowest BCUT2D eigenvalue weighted by Crippen LogP contribution is -2.19. The third-order valence-electron chi connectivity index (χ3n) is 3.19. The van der Waals surface area contributed by atoms with Crippen LogP contribution in [0.25, 0.3) is 0 Å². The Morgan fingerprint density at radius 1 is 1.10 bits per heavy atom. The van der Waals surface area contributed by atoms with Crippen molar-refractivity contribution in [2.75, 3.05) is 13.1 Å². The first-order valence-electron chi connectivity index (χ1n) is 6.68. The van der Waals surface area contributed by atoms with E-state index in [-0.39, 0.29) is 18.2 Å².